The molecule has 0 N–H and O–H groups in total. The third kappa shape index (κ3) is 4.84. The predicted octanol–water partition coefficient (Wildman–Crippen LogP) is 11.8. The van der Waals surface area contributed by atoms with Crippen molar-refractivity contribution >= 4 is 65.6 Å². The van der Waals surface area contributed by atoms with Gasteiger partial charge >= 0.3 is 0 Å². The molecule has 7 aromatic carbocycles. The highest BCUT2D eigenvalue weighted by Gasteiger charge is 2.24. The first-order valence-corrected chi connectivity index (χ1v) is 18.9. The Kier molecular flexibility index (Phi) is 6.76. The third-order valence-electron chi connectivity index (χ3n) is 10.8. The molecule has 0 aliphatic carbocycles. The molecule has 0 saturated carbocycles. The van der Waals surface area contributed by atoms with Crippen molar-refractivity contribution in [1.29, 1.82) is 0 Å². The second-order valence-electron chi connectivity index (χ2n) is 14.1. The molecule has 12 aromatic rings. The summed E-state index contributed by atoms with van der Waals surface area (Å²) in [4.78, 5) is 25.8. The largest absolute Gasteiger partial charge is 0.435 e. The van der Waals surface area contributed by atoms with Crippen molar-refractivity contribution in [2.45, 2.75) is 0 Å². The highest BCUT2D eigenvalue weighted by molar-refractivity contribution is 6.23. The predicted molar refractivity (Wildman–Crippen MR) is 228 cm³/mol. The zero-order valence-electron chi connectivity index (χ0n) is 30.3. The van der Waals surface area contributed by atoms with Crippen LogP contribution in [-0.2, 0) is 0 Å². The van der Waals surface area contributed by atoms with Crippen molar-refractivity contribution in [2.75, 3.05) is 0 Å². The minimum Gasteiger partial charge on any atom is -0.435 e. The summed E-state index contributed by atoms with van der Waals surface area (Å²) < 4.78 is 11.0. The van der Waals surface area contributed by atoms with E-state index in [4.69, 9.17) is 29.3 Å². The van der Waals surface area contributed by atoms with Crippen LogP contribution in [0.5, 0.6) is 0 Å². The van der Waals surface area contributed by atoms with Crippen LogP contribution in [0, 0.1) is 0 Å². The van der Waals surface area contributed by atoms with E-state index in [1.165, 1.54) is 0 Å². The van der Waals surface area contributed by atoms with Gasteiger partial charge in [-0.3, -0.25) is 9.13 Å². The normalized spacial score (nSPS) is 11.9. The maximum Gasteiger partial charge on any atom is 0.238 e. The Morgan fingerprint density at radius 2 is 1.00 bits per heavy atom. The standard InChI is InChI=1S/C49H29N7O/c1-3-15-31(16-4-1)46-52-47(37-21-13-23-39-45(37)57-48(51-39)32-17-5-2-6-18-32)54-49(53-46)56-41-25-12-9-20-34(41)36-28-27-35-33-19-8-11-24-40(33)55(43(35)44(36)56)42-29-26-30-14-7-10-22-38(30)50-42/h1-29H. The van der Waals surface area contributed by atoms with Gasteiger partial charge in [-0.15, -0.1) is 0 Å². The number of benzene rings is 7. The first-order valence-electron chi connectivity index (χ1n) is 18.9. The number of hydrogen-bond donors (Lipinski definition) is 0. The molecule has 0 aliphatic heterocycles. The SMILES string of the molecule is c1ccc(-c2nc(-c3cccc4nc(-c5ccccc5)oc34)nc(-n3c4ccccc4c4ccc5c6ccccc6n(-c6ccc7ccccc7n6)c5c43)n2)cc1. The maximum atomic E-state index is 6.51. The van der Waals surface area contributed by atoms with Crippen LogP contribution in [0.25, 0.3) is 112 Å². The minimum absolute atomic E-state index is 0.482. The zero-order valence-corrected chi connectivity index (χ0v) is 30.3. The lowest BCUT2D eigenvalue weighted by Gasteiger charge is -2.13. The molecule has 0 spiro atoms. The first kappa shape index (κ1) is 31.4. The lowest BCUT2D eigenvalue weighted by atomic mass is 10.1. The van der Waals surface area contributed by atoms with E-state index >= 15 is 0 Å². The van der Waals surface area contributed by atoms with Crippen molar-refractivity contribution in [3.63, 3.8) is 0 Å². The van der Waals surface area contributed by atoms with Crippen molar-refractivity contribution < 1.29 is 4.42 Å². The Balaban J connectivity index is 1.20. The van der Waals surface area contributed by atoms with Gasteiger partial charge in [-0.1, -0.05) is 121 Å². The second kappa shape index (κ2) is 12.3. The monoisotopic (exact) mass is 731 g/mol. The summed E-state index contributed by atoms with van der Waals surface area (Å²) in [5.41, 5.74) is 8.78. The van der Waals surface area contributed by atoms with Crippen LogP contribution in [0.1, 0.15) is 0 Å². The molecule has 0 saturated heterocycles. The van der Waals surface area contributed by atoms with E-state index in [1.807, 2.05) is 91.0 Å². The summed E-state index contributed by atoms with van der Waals surface area (Å²) in [6, 6.07) is 59.8. The summed E-state index contributed by atoms with van der Waals surface area (Å²) in [6.45, 7) is 0. The topological polar surface area (TPSA) is 87.5 Å². The molecule has 57 heavy (non-hydrogen) atoms. The summed E-state index contributed by atoms with van der Waals surface area (Å²) in [7, 11) is 0. The van der Waals surface area contributed by atoms with E-state index in [-0.39, 0.29) is 0 Å². The first-order chi connectivity index (χ1) is 28.3. The maximum absolute atomic E-state index is 6.51. The van der Waals surface area contributed by atoms with Crippen LogP contribution in [0.15, 0.2) is 180 Å². The molecule has 266 valence electrons. The molecule has 0 amide bonds. The second-order valence-corrected chi connectivity index (χ2v) is 14.1. The van der Waals surface area contributed by atoms with Crippen LogP contribution in [-0.4, -0.2) is 34.1 Å². The number of rotatable bonds is 5. The number of aromatic nitrogens is 7. The van der Waals surface area contributed by atoms with Crippen LogP contribution in [0.2, 0.25) is 0 Å². The number of pyridine rings is 1. The number of oxazole rings is 1. The van der Waals surface area contributed by atoms with Gasteiger partial charge in [0.1, 0.15) is 11.3 Å². The lowest BCUT2D eigenvalue weighted by molar-refractivity contribution is 0.620. The van der Waals surface area contributed by atoms with Gasteiger partial charge < -0.3 is 4.42 Å². The molecule has 0 atom stereocenters. The third-order valence-corrected chi connectivity index (χ3v) is 10.8. The summed E-state index contributed by atoms with van der Waals surface area (Å²) in [6.07, 6.45) is 0. The van der Waals surface area contributed by atoms with Crippen molar-refractivity contribution in [3.8, 4) is 46.0 Å². The van der Waals surface area contributed by atoms with Gasteiger partial charge in [0.2, 0.25) is 11.8 Å². The quantitative estimate of drug-likeness (QED) is 0.175. The van der Waals surface area contributed by atoms with Crippen LogP contribution in [0.4, 0.5) is 0 Å². The molecule has 12 rings (SSSR count). The average molecular weight is 732 g/mol. The fraction of sp³-hybridized carbons (Fsp3) is 0. The fourth-order valence-electron chi connectivity index (χ4n) is 8.26. The molecule has 0 unspecified atom stereocenters. The molecule has 0 aliphatic rings. The van der Waals surface area contributed by atoms with Gasteiger partial charge in [0.05, 0.1) is 33.1 Å². The van der Waals surface area contributed by atoms with E-state index in [0.717, 1.165) is 82.5 Å². The molecule has 0 fully saturated rings. The lowest BCUT2D eigenvalue weighted by Crippen LogP contribution is -2.07. The van der Waals surface area contributed by atoms with Crippen LogP contribution in [0.3, 0.4) is 0 Å². The Hall–Kier alpha value is -7.97. The molecular formula is C49H29N7O. The average Bonchev–Trinajstić information content (AvgIpc) is 3.97. The minimum atomic E-state index is 0.482. The van der Waals surface area contributed by atoms with Crippen molar-refractivity contribution in [1.82, 2.24) is 34.1 Å². The van der Waals surface area contributed by atoms with Gasteiger partial charge in [-0.2, -0.15) is 9.97 Å². The van der Waals surface area contributed by atoms with Gasteiger partial charge in [-0.05, 0) is 54.6 Å². The summed E-state index contributed by atoms with van der Waals surface area (Å²) >= 11 is 0. The molecule has 0 bridgehead atoms. The zero-order chi connectivity index (χ0) is 37.5. The summed E-state index contributed by atoms with van der Waals surface area (Å²) in [5.74, 6) is 2.88. The molecule has 0 radical (unpaired) electrons. The van der Waals surface area contributed by atoms with E-state index in [9.17, 15) is 0 Å². The van der Waals surface area contributed by atoms with E-state index in [1.54, 1.807) is 0 Å². The van der Waals surface area contributed by atoms with E-state index in [0.29, 0.717) is 29.1 Å². The highest BCUT2D eigenvalue weighted by Crippen LogP contribution is 2.42. The Morgan fingerprint density at radius 1 is 0.386 bits per heavy atom. The molecular weight excluding hydrogens is 703 g/mol. The van der Waals surface area contributed by atoms with Gasteiger partial charge in [-0.25, -0.2) is 15.0 Å². The smallest absolute Gasteiger partial charge is 0.238 e. The number of para-hydroxylation sites is 4. The van der Waals surface area contributed by atoms with E-state index < -0.39 is 0 Å². The number of nitrogens with zero attached hydrogens (tertiary/aromatic N) is 7. The Labute approximate surface area is 325 Å². The molecule has 8 nitrogen and oxygen atoms in total. The van der Waals surface area contributed by atoms with Crippen molar-refractivity contribution in [3.05, 3.63) is 176 Å². The fourth-order valence-corrected chi connectivity index (χ4v) is 8.26. The summed E-state index contributed by atoms with van der Waals surface area (Å²) in [5, 5.41) is 5.50. The molecule has 8 heteroatoms. The van der Waals surface area contributed by atoms with Gasteiger partial charge in [0, 0.05) is 38.1 Å². The van der Waals surface area contributed by atoms with Crippen molar-refractivity contribution in [2.24, 2.45) is 0 Å². The number of fused-ring (bicyclic) bond motifs is 9. The van der Waals surface area contributed by atoms with Gasteiger partial charge in [0.25, 0.3) is 0 Å². The van der Waals surface area contributed by atoms with Gasteiger partial charge in [0.15, 0.2) is 17.2 Å². The Bertz CT molecular complexity index is 3530. The van der Waals surface area contributed by atoms with Crippen LogP contribution < -0.4 is 0 Å². The highest BCUT2D eigenvalue weighted by atomic mass is 16.3. The van der Waals surface area contributed by atoms with Crippen LogP contribution >= 0.6 is 0 Å². The Morgan fingerprint density at radius 3 is 1.77 bits per heavy atom. The molecule has 5 aromatic heterocycles. The number of hydrogen-bond acceptors (Lipinski definition) is 6. The molecule has 5 heterocycles. The van der Waals surface area contributed by atoms with E-state index in [2.05, 4.69) is 94.1 Å².